The number of halogens is 3. The summed E-state index contributed by atoms with van der Waals surface area (Å²) in [6, 6.07) is 12.1. The van der Waals surface area contributed by atoms with E-state index in [1.165, 1.54) is 0 Å². The maximum Gasteiger partial charge on any atom is 0.242 e. The van der Waals surface area contributed by atoms with Gasteiger partial charge >= 0.3 is 0 Å². The quantitative estimate of drug-likeness (QED) is 0.300. The smallest absolute Gasteiger partial charge is 0.242 e. The minimum absolute atomic E-state index is 0.0122. The molecule has 0 aliphatic heterocycles. The predicted octanol–water partition coefficient (Wildman–Crippen LogP) is 6.46. The van der Waals surface area contributed by atoms with E-state index >= 15 is 0 Å². The molecule has 2 rings (SSSR count). The third kappa shape index (κ3) is 8.57. The van der Waals surface area contributed by atoms with Gasteiger partial charge in [-0.2, -0.15) is 0 Å². The van der Waals surface area contributed by atoms with Gasteiger partial charge in [0.25, 0.3) is 0 Å². The van der Waals surface area contributed by atoms with Crippen LogP contribution >= 0.6 is 46.6 Å². The molecule has 0 heterocycles. The van der Waals surface area contributed by atoms with Crippen LogP contribution in [0.3, 0.4) is 0 Å². The molecule has 8 heteroatoms. The Labute approximate surface area is 203 Å². The third-order valence-corrected chi connectivity index (χ3v) is 6.51. The standard InChI is InChI=1S/C23H27Cl3N2O2S/c1-15(2)27-23(30)16(3)28(14-17-6-7-19(25)13-21(17)26)22(29)5-4-12-31-20-10-8-18(24)9-11-20/h6-11,13,15-16H,4-5,12,14H2,1-3H3,(H,27,30). The van der Waals surface area contributed by atoms with Gasteiger partial charge in [0.05, 0.1) is 0 Å². The van der Waals surface area contributed by atoms with E-state index in [-0.39, 0.29) is 24.4 Å². The first-order chi connectivity index (χ1) is 14.7. The van der Waals surface area contributed by atoms with Crippen molar-refractivity contribution in [1.82, 2.24) is 10.2 Å². The molecule has 0 aliphatic carbocycles. The summed E-state index contributed by atoms with van der Waals surface area (Å²) < 4.78 is 0. The van der Waals surface area contributed by atoms with Crippen LogP contribution in [0.15, 0.2) is 47.4 Å². The second-order valence-corrected chi connectivity index (χ2v) is 9.95. The van der Waals surface area contributed by atoms with Crippen molar-refractivity contribution in [3.8, 4) is 0 Å². The van der Waals surface area contributed by atoms with E-state index in [0.29, 0.717) is 27.9 Å². The van der Waals surface area contributed by atoms with Gasteiger partial charge < -0.3 is 10.2 Å². The van der Waals surface area contributed by atoms with Crippen molar-refractivity contribution >= 4 is 58.4 Å². The van der Waals surface area contributed by atoms with Crippen LogP contribution in [0.2, 0.25) is 15.1 Å². The molecule has 168 valence electrons. The first-order valence-corrected chi connectivity index (χ1v) is 12.2. The van der Waals surface area contributed by atoms with E-state index in [0.717, 1.165) is 16.2 Å². The fourth-order valence-corrected chi connectivity index (χ4v) is 4.36. The lowest BCUT2D eigenvalue weighted by molar-refractivity contribution is -0.140. The number of carbonyl (C=O) groups is 2. The Bertz CT molecular complexity index is 891. The monoisotopic (exact) mass is 500 g/mol. The first-order valence-electron chi connectivity index (χ1n) is 10.1. The van der Waals surface area contributed by atoms with Crippen LogP contribution in [0.5, 0.6) is 0 Å². The molecule has 0 aliphatic rings. The highest BCUT2D eigenvalue weighted by atomic mass is 35.5. The zero-order chi connectivity index (χ0) is 23.0. The molecule has 0 saturated carbocycles. The molecule has 0 radical (unpaired) electrons. The van der Waals surface area contributed by atoms with Crippen LogP contribution < -0.4 is 5.32 Å². The van der Waals surface area contributed by atoms with Crippen LogP contribution in [-0.2, 0) is 16.1 Å². The molecule has 4 nitrogen and oxygen atoms in total. The molecule has 0 saturated heterocycles. The molecule has 0 bridgehead atoms. The number of thioether (sulfide) groups is 1. The summed E-state index contributed by atoms with van der Waals surface area (Å²) in [5, 5.41) is 4.57. The van der Waals surface area contributed by atoms with E-state index in [9.17, 15) is 9.59 Å². The van der Waals surface area contributed by atoms with Gasteiger partial charge in [-0.15, -0.1) is 11.8 Å². The molecule has 1 unspecified atom stereocenters. The van der Waals surface area contributed by atoms with E-state index in [1.807, 2.05) is 38.1 Å². The maximum absolute atomic E-state index is 13.1. The Kier molecular flexibility index (Phi) is 10.5. The zero-order valence-corrected chi connectivity index (χ0v) is 20.9. The molecule has 31 heavy (non-hydrogen) atoms. The summed E-state index contributed by atoms with van der Waals surface area (Å²) in [5.74, 6) is 0.508. The van der Waals surface area contributed by atoms with Crippen molar-refractivity contribution in [3.63, 3.8) is 0 Å². The summed E-state index contributed by atoms with van der Waals surface area (Å²) in [7, 11) is 0. The minimum atomic E-state index is -0.620. The average Bonchev–Trinajstić information content (AvgIpc) is 2.71. The van der Waals surface area contributed by atoms with E-state index < -0.39 is 6.04 Å². The fraction of sp³-hybridized carbons (Fsp3) is 0.391. The lowest BCUT2D eigenvalue weighted by atomic mass is 10.1. The largest absolute Gasteiger partial charge is 0.352 e. The number of hydrogen-bond acceptors (Lipinski definition) is 3. The van der Waals surface area contributed by atoms with Crippen molar-refractivity contribution < 1.29 is 9.59 Å². The number of rotatable bonds is 10. The number of hydrogen-bond donors (Lipinski definition) is 1. The predicted molar refractivity (Wildman–Crippen MR) is 131 cm³/mol. The van der Waals surface area contributed by atoms with Gasteiger partial charge in [0.1, 0.15) is 6.04 Å². The van der Waals surface area contributed by atoms with Crippen molar-refractivity contribution in [1.29, 1.82) is 0 Å². The highest BCUT2D eigenvalue weighted by molar-refractivity contribution is 7.99. The molecule has 2 aromatic rings. The molecule has 0 fully saturated rings. The molecular formula is C23H27Cl3N2O2S. The van der Waals surface area contributed by atoms with Gasteiger partial charge in [0.15, 0.2) is 0 Å². The summed E-state index contributed by atoms with van der Waals surface area (Å²) >= 11 is 19.9. The molecule has 2 amide bonds. The van der Waals surface area contributed by atoms with Crippen LogP contribution in [0.1, 0.15) is 39.2 Å². The maximum atomic E-state index is 13.1. The minimum Gasteiger partial charge on any atom is -0.352 e. The molecule has 0 spiro atoms. The lowest BCUT2D eigenvalue weighted by Crippen LogP contribution is -2.49. The van der Waals surface area contributed by atoms with Gasteiger partial charge in [-0.1, -0.05) is 40.9 Å². The van der Waals surface area contributed by atoms with Gasteiger partial charge in [0.2, 0.25) is 11.8 Å². The fourth-order valence-electron chi connectivity index (χ4n) is 2.91. The Morgan fingerprint density at radius 2 is 1.65 bits per heavy atom. The first kappa shape index (κ1) is 25.9. The number of nitrogens with one attached hydrogen (secondary N) is 1. The van der Waals surface area contributed by atoms with Crippen molar-refractivity contribution in [2.45, 2.75) is 57.1 Å². The van der Waals surface area contributed by atoms with Gasteiger partial charge in [-0.05, 0) is 74.9 Å². The van der Waals surface area contributed by atoms with Crippen LogP contribution in [0, 0.1) is 0 Å². The highest BCUT2D eigenvalue weighted by Gasteiger charge is 2.26. The summed E-state index contributed by atoms with van der Waals surface area (Å²) in [6.07, 6.45) is 1.03. The van der Waals surface area contributed by atoms with Crippen LogP contribution in [0.25, 0.3) is 0 Å². The zero-order valence-electron chi connectivity index (χ0n) is 17.8. The molecule has 0 aromatic heterocycles. The molecule has 2 aromatic carbocycles. The Hall–Kier alpha value is -1.40. The number of benzene rings is 2. The number of nitrogens with zero attached hydrogens (tertiary/aromatic N) is 1. The Balaban J connectivity index is 2.04. The van der Waals surface area contributed by atoms with E-state index in [2.05, 4.69) is 5.32 Å². The SMILES string of the molecule is CC(C)NC(=O)C(C)N(Cc1ccc(Cl)cc1Cl)C(=O)CCCSc1ccc(Cl)cc1. The molecule has 1 N–H and O–H groups in total. The highest BCUT2D eigenvalue weighted by Crippen LogP contribution is 2.25. The Morgan fingerprint density at radius 1 is 1.00 bits per heavy atom. The van der Waals surface area contributed by atoms with Crippen molar-refractivity contribution in [3.05, 3.63) is 63.1 Å². The summed E-state index contributed by atoms with van der Waals surface area (Å²) in [5.41, 5.74) is 0.749. The normalized spacial score (nSPS) is 12.0. The average molecular weight is 502 g/mol. The van der Waals surface area contributed by atoms with Crippen molar-refractivity contribution in [2.24, 2.45) is 0 Å². The van der Waals surface area contributed by atoms with Crippen LogP contribution in [0.4, 0.5) is 0 Å². The van der Waals surface area contributed by atoms with Gasteiger partial charge in [-0.25, -0.2) is 0 Å². The lowest BCUT2D eigenvalue weighted by Gasteiger charge is -2.29. The molecule has 1 atom stereocenters. The van der Waals surface area contributed by atoms with E-state index in [1.54, 1.807) is 41.8 Å². The second kappa shape index (κ2) is 12.6. The summed E-state index contributed by atoms with van der Waals surface area (Å²) in [6.45, 7) is 5.76. The number of amides is 2. The van der Waals surface area contributed by atoms with Gasteiger partial charge in [-0.3, -0.25) is 9.59 Å². The van der Waals surface area contributed by atoms with E-state index in [4.69, 9.17) is 34.8 Å². The molecular weight excluding hydrogens is 475 g/mol. The topological polar surface area (TPSA) is 49.4 Å². The van der Waals surface area contributed by atoms with Crippen molar-refractivity contribution in [2.75, 3.05) is 5.75 Å². The summed E-state index contributed by atoms with van der Waals surface area (Å²) in [4.78, 5) is 28.3. The number of carbonyl (C=O) groups excluding carboxylic acids is 2. The third-order valence-electron chi connectivity index (χ3n) is 4.57. The van der Waals surface area contributed by atoms with Gasteiger partial charge in [0, 0.05) is 39.0 Å². The second-order valence-electron chi connectivity index (χ2n) is 7.50. The Morgan fingerprint density at radius 3 is 2.26 bits per heavy atom. The van der Waals surface area contributed by atoms with Crippen LogP contribution in [-0.4, -0.2) is 34.6 Å².